The third-order valence-electron chi connectivity index (χ3n) is 6.52. The summed E-state index contributed by atoms with van der Waals surface area (Å²) in [6.45, 7) is 9.49. The van der Waals surface area contributed by atoms with Gasteiger partial charge in [-0.15, -0.1) is 0 Å². The number of hydrogen-bond acceptors (Lipinski definition) is 6. The molecule has 0 unspecified atom stereocenters. The zero-order chi connectivity index (χ0) is 25.2. The molecule has 0 bridgehead atoms. The molecule has 4 rings (SSSR count). The van der Waals surface area contributed by atoms with Crippen LogP contribution in [-0.4, -0.2) is 33.4 Å². The van der Waals surface area contributed by atoms with Crippen LogP contribution < -0.4 is 15.5 Å². The van der Waals surface area contributed by atoms with Crippen molar-refractivity contribution in [2.75, 3.05) is 22.6 Å². The number of benzene rings is 2. The maximum atomic E-state index is 15.3. The standard InChI is InChI=1S/C25H30F3N5O/c1-13(15-9-8-10-17(21(15)26)25(27,28)23(3,4)34)29-22-16-11-19-20(33(7)24(5,6)32-19)12-18(16)30-14(2)31-22/h8-13,32,34H,1-7H3,(H,29,30,31)/t13-/m1/s1. The first-order valence-electron chi connectivity index (χ1n) is 11.1. The average Bonchev–Trinajstić information content (AvgIpc) is 2.93. The van der Waals surface area contributed by atoms with Gasteiger partial charge in [-0.05, 0) is 59.7 Å². The summed E-state index contributed by atoms with van der Waals surface area (Å²) in [5.41, 5.74) is -0.859. The van der Waals surface area contributed by atoms with Crippen LogP contribution in [-0.2, 0) is 5.92 Å². The van der Waals surface area contributed by atoms with Crippen molar-refractivity contribution in [3.8, 4) is 0 Å². The molecule has 0 fully saturated rings. The number of aliphatic hydroxyl groups is 1. The van der Waals surface area contributed by atoms with Gasteiger partial charge in [-0.25, -0.2) is 14.4 Å². The van der Waals surface area contributed by atoms with Gasteiger partial charge in [0, 0.05) is 18.0 Å². The molecular weight excluding hydrogens is 443 g/mol. The first kappa shape index (κ1) is 24.1. The van der Waals surface area contributed by atoms with Gasteiger partial charge in [-0.1, -0.05) is 12.1 Å². The van der Waals surface area contributed by atoms with E-state index >= 15 is 4.39 Å². The molecule has 3 N–H and O–H groups in total. The Morgan fingerprint density at radius 3 is 2.50 bits per heavy atom. The number of nitrogens with zero attached hydrogens (tertiary/aromatic N) is 3. The van der Waals surface area contributed by atoms with Gasteiger partial charge in [0.25, 0.3) is 0 Å². The molecule has 1 atom stereocenters. The van der Waals surface area contributed by atoms with Crippen molar-refractivity contribution in [2.45, 2.75) is 64.8 Å². The van der Waals surface area contributed by atoms with Crippen LogP contribution in [0.3, 0.4) is 0 Å². The van der Waals surface area contributed by atoms with Gasteiger partial charge in [-0.3, -0.25) is 0 Å². The Morgan fingerprint density at radius 1 is 1.18 bits per heavy atom. The predicted molar refractivity (Wildman–Crippen MR) is 129 cm³/mol. The normalized spacial score (nSPS) is 16.4. The first-order chi connectivity index (χ1) is 15.6. The Kier molecular flexibility index (Phi) is 5.47. The fraction of sp³-hybridized carbons (Fsp3) is 0.440. The van der Waals surface area contributed by atoms with Gasteiger partial charge in [0.15, 0.2) is 0 Å². The van der Waals surface area contributed by atoms with E-state index in [2.05, 4.69) is 39.3 Å². The second-order valence-electron chi connectivity index (χ2n) is 9.96. The minimum Gasteiger partial charge on any atom is -0.384 e. The Labute approximate surface area is 197 Å². The van der Waals surface area contributed by atoms with E-state index in [1.165, 1.54) is 12.1 Å². The average molecular weight is 474 g/mol. The smallest absolute Gasteiger partial charge is 0.303 e. The molecule has 0 spiro atoms. The number of alkyl halides is 2. The zero-order valence-corrected chi connectivity index (χ0v) is 20.4. The maximum absolute atomic E-state index is 15.3. The second kappa shape index (κ2) is 7.73. The van der Waals surface area contributed by atoms with E-state index in [-0.39, 0.29) is 11.2 Å². The van der Waals surface area contributed by atoms with E-state index in [1.54, 1.807) is 13.8 Å². The SMILES string of the molecule is Cc1nc(N[C@H](C)c2cccc(C(F)(F)C(C)(C)O)c2F)c2cc3c(cc2n1)N(C)C(C)(C)N3. The first-order valence-corrected chi connectivity index (χ1v) is 11.1. The number of halogens is 3. The van der Waals surface area contributed by atoms with E-state index < -0.39 is 28.9 Å². The predicted octanol–water partition coefficient (Wildman–Crippen LogP) is 5.71. The number of hydrogen-bond donors (Lipinski definition) is 3. The fourth-order valence-electron chi connectivity index (χ4n) is 4.22. The van der Waals surface area contributed by atoms with Crippen LogP contribution in [0.1, 0.15) is 57.6 Å². The van der Waals surface area contributed by atoms with Crippen molar-refractivity contribution in [3.05, 3.63) is 53.1 Å². The molecule has 6 nitrogen and oxygen atoms in total. The lowest BCUT2D eigenvalue weighted by Gasteiger charge is -2.30. The molecule has 0 amide bonds. The van der Waals surface area contributed by atoms with Gasteiger partial charge in [0.1, 0.15) is 28.7 Å². The highest BCUT2D eigenvalue weighted by atomic mass is 19.3. The largest absolute Gasteiger partial charge is 0.384 e. The van der Waals surface area contributed by atoms with E-state index in [4.69, 9.17) is 0 Å². The lowest BCUT2D eigenvalue weighted by molar-refractivity contribution is -0.170. The summed E-state index contributed by atoms with van der Waals surface area (Å²) < 4.78 is 44.7. The molecule has 2 aromatic carbocycles. The molecule has 182 valence electrons. The van der Waals surface area contributed by atoms with Crippen LogP contribution >= 0.6 is 0 Å². The Balaban J connectivity index is 1.75. The summed E-state index contributed by atoms with van der Waals surface area (Å²) in [5.74, 6) is -3.82. The summed E-state index contributed by atoms with van der Waals surface area (Å²) >= 11 is 0. The van der Waals surface area contributed by atoms with Gasteiger partial charge in [-0.2, -0.15) is 8.78 Å². The summed E-state index contributed by atoms with van der Waals surface area (Å²) in [6.07, 6.45) is 0. The summed E-state index contributed by atoms with van der Waals surface area (Å²) in [6, 6.07) is 7.05. The number of aryl methyl sites for hydroxylation is 1. The molecule has 0 aliphatic carbocycles. The molecule has 3 aromatic rings. The van der Waals surface area contributed by atoms with Gasteiger partial charge in [0.2, 0.25) is 0 Å². The van der Waals surface area contributed by atoms with Crippen molar-refractivity contribution in [3.63, 3.8) is 0 Å². The van der Waals surface area contributed by atoms with Crippen LogP contribution in [0.2, 0.25) is 0 Å². The van der Waals surface area contributed by atoms with Crippen LogP contribution in [0.4, 0.5) is 30.4 Å². The number of rotatable bonds is 5. The van der Waals surface area contributed by atoms with Crippen molar-refractivity contribution < 1.29 is 18.3 Å². The van der Waals surface area contributed by atoms with Gasteiger partial charge < -0.3 is 20.6 Å². The maximum Gasteiger partial charge on any atom is 0.303 e. The number of anilines is 3. The van der Waals surface area contributed by atoms with Crippen molar-refractivity contribution >= 4 is 28.1 Å². The van der Waals surface area contributed by atoms with E-state index in [9.17, 15) is 13.9 Å². The highest BCUT2D eigenvalue weighted by molar-refractivity contribution is 5.98. The molecule has 1 aromatic heterocycles. The minimum absolute atomic E-state index is 0.0472. The molecule has 9 heteroatoms. The van der Waals surface area contributed by atoms with Crippen LogP contribution in [0, 0.1) is 12.7 Å². The number of nitrogens with one attached hydrogen (secondary N) is 2. The van der Waals surface area contributed by atoms with Crippen molar-refractivity contribution in [2.24, 2.45) is 0 Å². The molecule has 0 radical (unpaired) electrons. The quantitative estimate of drug-likeness (QED) is 0.441. The molecule has 0 saturated carbocycles. The van der Waals surface area contributed by atoms with Gasteiger partial charge >= 0.3 is 5.92 Å². The Bertz CT molecular complexity index is 1270. The highest BCUT2D eigenvalue weighted by Gasteiger charge is 2.49. The van der Waals surface area contributed by atoms with Gasteiger partial charge in [0.05, 0.1) is 28.5 Å². The van der Waals surface area contributed by atoms with E-state index in [0.717, 1.165) is 42.2 Å². The molecule has 2 heterocycles. The molecule has 1 aliphatic rings. The lowest BCUT2D eigenvalue weighted by atomic mass is 9.91. The molecule has 1 aliphatic heterocycles. The molecular formula is C25H30F3N5O. The third-order valence-corrected chi connectivity index (χ3v) is 6.52. The van der Waals surface area contributed by atoms with E-state index in [1.807, 2.05) is 19.2 Å². The summed E-state index contributed by atoms with van der Waals surface area (Å²) in [4.78, 5) is 11.2. The van der Waals surface area contributed by atoms with Crippen LogP contribution in [0.25, 0.3) is 10.9 Å². The third kappa shape index (κ3) is 3.81. The number of aromatic nitrogens is 2. The van der Waals surface area contributed by atoms with E-state index in [0.29, 0.717) is 11.6 Å². The Hall–Kier alpha value is -3.07. The number of fused-ring (bicyclic) bond motifs is 2. The molecule has 0 saturated heterocycles. The minimum atomic E-state index is -3.77. The van der Waals surface area contributed by atoms with Crippen molar-refractivity contribution in [1.82, 2.24) is 9.97 Å². The highest BCUT2D eigenvalue weighted by Crippen LogP contribution is 2.43. The van der Waals surface area contributed by atoms with Crippen molar-refractivity contribution in [1.29, 1.82) is 0 Å². The Morgan fingerprint density at radius 2 is 1.85 bits per heavy atom. The van der Waals surface area contributed by atoms with Crippen LogP contribution in [0.15, 0.2) is 30.3 Å². The summed E-state index contributed by atoms with van der Waals surface area (Å²) in [7, 11) is 2.00. The second-order valence-corrected chi connectivity index (χ2v) is 9.96. The monoisotopic (exact) mass is 473 g/mol. The fourth-order valence-corrected chi connectivity index (χ4v) is 4.22. The zero-order valence-electron chi connectivity index (χ0n) is 20.4. The summed E-state index contributed by atoms with van der Waals surface area (Å²) in [5, 5.41) is 17.3. The lowest BCUT2D eigenvalue weighted by Crippen LogP contribution is -2.42. The van der Waals surface area contributed by atoms with Crippen LogP contribution in [0.5, 0.6) is 0 Å². The molecule has 34 heavy (non-hydrogen) atoms. The topological polar surface area (TPSA) is 73.3 Å².